The summed E-state index contributed by atoms with van der Waals surface area (Å²) in [6, 6.07) is 15.1. The predicted molar refractivity (Wildman–Crippen MR) is 123 cm³/mol. The molecule has 1 amide bonds. The van der Waals surface area contributed by atoms with Crippen molar-refractivity contribution in [2.75, 3.05) is 25.0 Å². The van der Waals surface area contributed by atoms with Crippen LogP contribution in [0.15, 0.2) is 54.7 Å². The van der Waals surface area contributed by atoms with Gasteiger partial charge in [-0.05, 0) is 36.8 Å². The zero-order valence-electron chi connectivity index (χ0n) is 17.6. The normalized spacial score (nSPS) is 16.3. The molecule has 1 aliphatic rings. The summed E-state index contributed by atoms with van der Waals surface area (Å²) in [5.74, 6) is 0.653. The van der Waals surface area contributed by atoms with Crippen molar-refractivity contribution in [3.8, 4) is 0 Å². The van der Waals surface area contributed by atoms with Crippen LogP contribution in [0.2, 0.25) is 0 Å². The van der Waals surface area contributed by atoms with Crippen LogP contribution in [0, 0.1) is 0 Å². The van der Waals surface area contributed by atoms with Crippen LogP contribution in [0.4, 0.5) is 10.9 Å². The van der Waals surface area contributed by atoms with Gasteiger partial charge in [0.2, 0.25) is 5.13 Å². The van der Waals surface area contributed by atoms with Gasteiger partial charge in [0.05, 0.1) is 24.4 Å². The fourth-order valence-corrected chi connectivity index (χ4v) is 4.42. The van der Waals surface area contributed by atoms with Crippen molar-refractivity contribution >= 4 is 39.1 Å². The first-order valence-electron chi connectivity index (χ1n) is 10.5. The Balaban J connectivity index is 1.34. The molecule has 1 N–H and O–H groups in total. The number of hydrogen-bond acceptors (Lipinski definition) is 8. The topological polar surface area (TPSA) is 93.1 Å². The lowest BCUT2D eigenvalue weighted by atomic mass is 10.1. The van der Waals surface area contributed by atoms with Crippen LogP contribution in [0.3, 0.4) is 0 Å². The minimum atomic E-state index is -0.303. The van der Waals surface area contributed by atoms with Crippen molar-refractivity contribution in [2.45, 2.75) is 19.4 Å². The molecule has 9 heteroatoms. The second kappa shape index (κ2) is 8.97. The lowest BCUT2D eigenvalue weighted by molar-refractivity contribution is -0.0246. The van der Waals surface area contributed by atoms with E-state index in [2.05, 4.69) is 20.5 Å². The number of aryl methyl sites for hydroxylation is 1. The molecule has 3 aromatic heterocycles. The van der Waals surface area contributed by atoms with Gasteiger partial charge in [-0.3, -0.25) is 9.78 Å². The summed E-state index contributed by atoms with van der Waals surface area (Å²) in [5.41, 5.74) is 2.24. The molecule has 8 nitrogen and oxygen atoms in total. The second-order valence-corrected chi connectivity index (χ2v) is 8.48. The van der Waals surface area contributed by atoms with Gasteiger partial charge in [-0.2, -0.15) is 0 Å². The SMILES string of the molecule is CCc1nnc(Nc2cccc([C@H]3CN(C(=O)c4cccc5ncccc45)CCO3)n2)s1. The number of pyridine rings is 2. The molecule has 1 aliphatic heterocycles. The third-order valence-electron chi connectivity index (χ3n) is 5.33. The number of nitrogens with zero attached hydrogens (tertiary/aromatic N) is 5. The first kappa shape index (κ1) is 20.5. The molecule has 1 saturated heterocycles. The molecule has 0 unspecified atom stereocenters. The fraction of sp³-hybridized carbons (Fsp3) is 0.261. The maximum Gasteiger partial charge on any atom is 0.254 e. The largest absolute Gasteiger partial charge is 0.368 e. The van der Waals surface area contributed by atoms with E-state index in [1.54, 1.807) is 6.20 Å². The molecule has 4 heterocycles. The third kappa shape index (κ3) is 4.17. The molecule has 32 heavy (non-hydrogen) atoms. The standard InChI is InChI=1S/C23H22N6O2S/c1-2-21-27-28-23(32-21)26-20-10-4-9-18(25-20)19-14-29(12-13-31-19)22(30)16-6-3-8-17-15(16)7-5-11-24-17/h3-11,19H,2,12-14H2,1H3,(H,25,26,28)/t19-/m1/s1. The molecule has 0 saturated carbocycles. The lowest BCUT2D eigenvalue weighted by Crippen LogP contribution is -2.42. The maximum atomic E-state index is 13.3. The van der Waals surface area contributed by atoms with E-state index >= 15 is 0 Å². The number of ether oxygens (including phenoxy) is 1. The van der Waals surface area contributed by atoms with Gasteiger partial charge in [0.1, 0.15) is 16.9 Å². The van der Waals surface area contributed by atoms with Crippen LogP contribution < -0.4 is 5.32 Å². The molecular weight excluding hydrogens is 424 g/mol. The van der Waals surface area contributed by atoms with Crippen molar-refractivity contribution < 1.29 is 9.53 Å². The van der Waals surface area contributed by atoms with Crippen LogP contribution >= 0.6 is 11.3 Å². The van der Waals surface area contributed by atoms with Gasteiger partial charge in [0.25, 0.3) is 5.91 Å². The first-order valence-corrected chi connectivity index (χ1v) is 11.3. The maximum absolute atomic E-state index is 13.3. The molecule has 1 fully saturated rings. The van der Waals surface area contributed by atoms with Crippen LogP contribution in [0.5, 0.6) is 0 Å². The Labute approximate surface area is 189 Å². The Morgan fingerprint density at radius 3 is 2.97 bits per heavy atom. The third-order valence-corrected chi connectivity index (χ3v) is 6.32. The summed E-state index contributed by atoms with van der Waals surface area (Å²) in [7, 11) is 0. The van der Waals surface area contributed by atoms with Crippen molar-refractivity contribution in [3.63, 3.8) is 0 Å². The van der Waals surface area contributed by atoms with Gasteiger partial charge in [0, 0.05) is 23.7 Å². The first-order chi connectivity index (χ1) is 15.7. The number of carbonyl (C=O) groups is 1. The molecule has 1 aromatic carbocycles. The summed E-state index contributed by atoms with van der Waals surface area (Å²) < 4.78 is 5.97. The van der Waals surface area contributed by atoms with Crippen molar-refractivity contribution in [3.05, 3.63) is 71.0 Å². The summed E-state index contributed by atoms with van der Waals surface area (Å²) in [6.07, 6.45) is 2.28. The fourth-order valence-electron chi connectivity index (χ4n) is 3.73. The highest BCUT2D eigenvalue weighted by Gasteiger charge is 2.28. The van der Waals surface area contributed by atoms with Crippen LogP contribution in [-0.2, 0) is 11.2 Å². The minimum Gasteiger partial charge on any atom is -0.368 e. The summed E-state index contributed by atoms with van der Waals surface area (Å²) in [4.78, 5) is 24.2. The highest BCUT2D eigenvalue weighted by Crippen LogP contribution is 2.26. The second-order valence-electron chi connectivity index (χ2n) is 7.41. The van der Waals surface area contributed by atoms with Crippen LogP contribution in [0.25, 0.3) is 10.9 Å². The highest BCUT2D eigenvalue weighted by molar-refractivity contribution is 7.15. The van der Waals surface area contributed by atoms with Gasteiger partial charge < -0.3 is 15.0 Å². The molecule has 0 radical (unpaired) electrons. The number of anilines is 2. The zero-order chi connectivity index (χ0) is 21.9. The van der Waals surface area contributed by atoms with Gasteiger partial charge >= 0.3 is 0 Å². The lowest BCUT2D eigenvalue weighted by Gasteiger charge is -2.33. The molecular formula is C23H22N6O2S. The average Bonchev–Trinajstić information content (AvgIpc) is 3.31. The average molecular weight is 447 g/mol. The number of amides is 1. The molecule has 0 bridgehead atoms. The number of fused-ring (bicyclic) bond motifs is 1. The van der Waals surface area contributed by atoms with Gasteiger partial charge in [-0.25, -0.2) is 4.98 Å². The smallest absolute Gasteiger partial charge is 0.254 e. The summed E-state index contributed by atoms with van der Waals surface area (Å²) >= 11 is 1.51. The number of carbonyl (C=O) groups excluding carboxylic acids is 1. The molecule has 162 valence electrons. The molecule has 5 rings (SSSR count). The summed E-state index contributed by atoms with van der Waals surface area (Å²) in [5, 5.41) is 14.0. The van der Waals surface area contributed by atoms with Crippen molar-refractivity contribution in [2.24, 2.45) is 0 Å². The van der Waals surface area contributed by atoms with Crippen molar-refractivity contribution in [1.82, 2.24) is 25.1 Å². The number of benzene rings is 1. The Kier molecular flexibility index (Phi) is 5.74. The Bertz CT molecular complexity index is 1250. The predicted octanol–water partition coefficient (Wildman–Crippen LogP) is 4.00. The summed E-state index contributed by atoms with van der Waals surface area (Å²) in [6.45, 7) is 3.47. The van der Waals surface area contributed by atoms with E-state index in [-0.39, 0.29) is 12.0 Å². The van der Waals surface area contributed by atoms with Crippen LogP contribution in [0.1, 0.15) is 34.1 Å². The van der Waals surface area contributed by atoms with E-state index in [1.807, 2.05) is 60.4 Å². The molecule has 0 aliphatic carbocycles. The van der Waals surface area contributed by atoms with E-state index in [1.165, 1.54) is 11.3 Å². The van der Waals surface area contributed by atoms with E-state index in [9.17, 15) is 4.79 Å². The number of aromatic nitrogens is 4. The number of rotatable bonds is 5. The molecule has 0 spiro atoms. The van der Waals surface area contributed by atoms with E-state index < -0.39 is 0 Å². The zero-order valence-corrected chi connectivity index (χ0v) is 18.4. The highest BCUT2D eigenvalue weighted by atomic mass is 32.1. The number of nitrogens with one attached hydrogen (secondary N) is 1. The van der Waals surface area contributed by atoms with Crippen molar-refractivity contribution in [1.29, 1.82) is 0 Å². The molecule has 4 aromatic rings. The Morgan fingerprint density at radius 2 is 2.09 bits per heavy atom. The number of morpholine rings is 1. The van der Waals surface area contributed by atoms with E-state index in [0.29, 0.717) is 36.2 Å². The Hall–Kier alpha value is -3.43. The monoisotopic (exact) mass is 446 g/mol. The quantitative estimate of drug-likeness (QED) is 0.495. The number of hydrogen-bond donors (Lipinski definition) is 1. The van der Waals surface area contributed by atoms with Gasteiger partial charge in [0.15, 0.2) is 0 Å². The van der Waals surface area contributed by atoms with E-state index in [4.69, 9.17) is 9.72 Å². The molecule has 1 atom stereocenters. The van der Waals surface area contributed by atoms with E-state index in [0.717, 1.165) is 28.0 Å². The minimum absolute atomic E-state index is 0.0212. The van der Waals surface area contributed by atoms with Crippen LogP contribution in [-0.4, -0.2) is 50.7 Å². The Morgan fingerprint density at radius 1 is 1.19 bits per heavy atom. The van der Waals surface area contributed by atoms with Gasteiger partial charge in [-0.15, -0.1) is 10.2 Å². The van der Waals surface area contributed by atoms with Gasteiger partial charge in [-0.1, -0.05) is 36.5 Å².